The average Bonchev–Trinajstić information content (AvgIpc) is 2.25. The minimum absolute atomic E-state index is 0.0717. The van der Waals surface area contributed by atoms with Gasteiger partial charge in [0, 0.05) is 40.1 Å². The fourth-order valence-corrected chi connectivity index (χ4v) is 1.68. The molecule has 8 heteroatoms. The monoisotopic (exact) mass is 266 g/mol. The molecular weight excluding hydrogens is 244 g/mol. The van der Waals surface area contributed by atoms with Gasteiger partial charge in [0.25, 0.3) is 0 Å². The van der Waals surface area contributed by atoms with Crippen LogP contribution in [0.3, 0.4) is 0 Å². The number of methoxy groups -OCH3 is 1. The van der Waals surface area contributed by atoms with Gasteiger partial charge in [-0.25, -0.2) is 14.3 Å². The summed E-state index contributed by atoms with van der Waals surface area (Å²) in [6.45, 7) is 1.57. The molecular formula is C9H22N4O3S. The molecule has 0 amide bonds. The van der Waals surface area contributed by atoms with E-state index in [0.29, 0.717) is 25.7 Å². The van der Waals surface area contributed by atoms with Crippen LogP contribution in [0.5, 0.6) is 0 Å². The predicted molar refractivity (Wildman–Crippen MR) is 68.5 cm³/mol. The Kier molecular flexibility index (Phi) is 7.85. The number of nitrogens with one attached hydrogen (secondary N) is 1. The van der Waals surface area contributed by atoms with E-state index in [4.69, 9.17) is 10.6 Å². The van der Waals surface area contributed by atoms with E-state index in [-0.39, 0.29) is 5.75 Å². The van der Waals surface area contributed by atoms with Crippen molar-refractivity contribution >= 4 is 15.8 Å². The van der Waals surface area contributed by atoms with E-state index < -0.39 is 9.84 Å². The molecule has 0 aromatic carbocycles. The first-order chi connectivity index (χ1) is 7.90. The molecule has 0 spiro atoms. The average molecular weight is 266 g/mol. The molecule has 0 bridgehead atoms. The van der Waals surface area contributed by atoms with E-state index in [1.54, 1.807) is 19.1 Å². The van der Waals surface area contributed by atoms with Crippen molar-refractivity contribution in [3.8, 4) is 0 Å². The lowest BCUT2D eigenvalue weighted by Crippen LogP contribution is -2.44. The van der Waals surface area contributed by atoms with Gasteiger partial charge in [0.2, 0.25) is 5.96 Å². The Labute approximate surface area is 103 Å². The molecule has 0 saturated heterocycles. The van der Waals surface area contributed by atoms with E-state index in [0.717, 1.165) is 6.42 Å². The van der Waals surface area contributed by atoms with E-state index >= 15 is 0 Å². The highest BCUT2D eigenvalue weighted by Crippen LogP contribution is 1.91. The second kappa shape index (κ2) is 8.26. The van der Waals surface area contributed by atoms with Crippen LogP contribution in [-0.4, -0.2) is 65.1 Å². The molecule has 7 nitrogen and oxygen atoms in total. The Balaban J connectivity index is 4.15. The number of hydrogen-bond acceptors (Lipinski definition) is 5. The summed E-state index contributed by atoms with van der Waals surface area (Å²) < 4.78 is 26.9. The van der Waals surface area contributed by atoms with Crippen LogP contribution >= 0.6 is 0 Å². The fourth-order valence-electron chi connectivity index (χ4n) is 1.08. The maximum atomic E-state index is 11.0. The largest absolute Gasteiger partial charge is 0.385 e. The summed E-state index contributed by atoms with van der Waals surface area (Å²) in [6, 6.07) is 0. The van der Waals surface area contributed by atoms with Crippen LogP contribution in [0, 0.1) is 0 Å². The van der Waals surface area contributed by atoms with Crippen molar-refractivity contribution in [2.45, 2.75) is 6.42 Å². The van der Waals surface area contributed by atoms with E-state index in [9.17, 15) is 8.42 Å². The lowest BCUT2D eigenvalue weighted by Gasteiger charge is -2.20. The van der Waals surface area contributed by atoms with Crippen LogP contribution in [0.25, 0.3) is 0 Å². The van der Waals surface area contributed by atoms with Crippen molar-refractivity contribution in [2.75, 3.05) is 45.9 Å². The Hall–Kier alpha value is -0.860. The summed E-state index contributed by atoms with van der Waals surface area (Å²) in [4.78, 5) is 5.89. The molecule has 0 heterocycles. The van der Waals surface area contributed by atoms with Crippen LogP contribution < -0.4 is 11.3 Å². The minimum Gasteiger partial charge on any atom is -0.385 e. The third-order valence-corrected chi connectivity index (χ3v) is 2.98. The quantitative estimate of drug-likeness (QED) is 0.198. The number of rotatable bonds is 7. The van der Waals surface area contributed by atoms with Gasteiger partial charge >= 0.3 is 0 Å². The third kappa shape index (κ3) is 8.90. The Morgan fingerprint density at radius 3 is 2.65 bits per heavy atom. The van der Waals surface area contributed by atoms with Crippen LogP contribution in [0.1, 0.15) is 6.42 Å². The lowest BCUT2D eigenvalue weighted by molar-refractivity contribution is 0.197. The van der Waals surface area contributed by atoms with Gasteiger partial charge in [-0.2, -0.15) is 0 Å². The molecule has 0 fully saturated rings. The van der Waals surface area contributed by atoms with Gasteiger partial charge in [-0.05, 0) is 6.42 Å². The first-order valence-corrected chi connectivity index (χ1v) is 7.35. The summed E-state index contributed by atoms with van der Waals surface area (Å²) in [6.07, 6.45) is 1.99. The number of hydrazine groups is 1. The normalized spacial score (nSPS) is 12.6. The van der Waals surface area contributed by atoms with Crippen molar-refractivity contribution in [1.82, 2.24) is 10.3 Å². The summed E-state index contributed by atoms with van der Waals surface area (Å²) in [7, 11) is 0.390. The SMILES string of the molecule is COCCCN=C(NN)N(C)CCS(C)(=O)=O. The summed E-state index contributed by atoms with van der Waals surface area (Å²) in [5.41, 5.74) is 2.46. The van der Waals surface area contributed by atoms with Crippen molar-refractivity contribution < 1.29 is 13.2 Å². The second-order valence-electron chi connectivity index (χ2n) is 3.75. The van der Waals surface area contributed by atoms with Crippen molar-refractivity contribution in [3.05, 3.63) is 0 Å². The second-order valence-corrected chi connectivity index (χ2v) is 6.01. The minimum atomic E-state index is -2.98. The summed E-state index contributed by atoms with van der Waals surface area (Å²) in [5, 5.41) is 0. The molecule has 17 heavy (non-hydrogen) atoms. The number of hydrogen-bond donors (Lipinski definition) is 2. The molecule has 0 radical (unpaired) electrons. The van der Waals surface area contributed by atoms with E-state index in [1.807, 2.05) is 0 Å². The molecule has 0 aromatic rings. The van der Waals surface area contributed by atoms with Gasteiger partial charge < -0.3 is 9.64 Å². The molecule has 102 valence electrons. The number of sulfone groups is 1. The molecule has 0 unspecified atom stereocenters. The smallest absolute Gasteiger partial charge is 0.208 e. The number of guanidine groups is 1. The standard InChI is InChI=1S/C9H22N4O3S/c1-13(6-8-17(3,14)15)9(12-10)11-5-4-7-16-2/h4-8,10H2,1-3H3,(H,11,12). The molecule has 0 atom stereocenters. The van der Waals surface area contributed by atoms with Crippen LogP contribution in [0.15, 0.2) is 4.99 Å². The van der Waals surface area contributed by atoms with Crippen LogP contribution in [0.2, 0.25) is 0 Å². The van der Waals surface area contributed by atoms with Gasteiger partial charge in [0.15, 0.2) is 0 Å². The van der Waals surface area contributed by atoms with E-state index in [1.165, 1.54) is 6.26 Å². The first-order valence-electron chi connectivity index (χ1n) is 5.29. The molecule has 0 aromatic heterocycles. The lowest BCUT2D eigenvalue weighted by atomic mass is 10.4. The van der Waals surface area contributed by atoms with Gasteiger partial charge in [0.1, 0.15) is 9.84 Å². The van der Waals surface area contributed by atoms with Gasteiger partial charge in [-0.15, -0.1) is 0 Å². The van der Waals surface area contributed by atoms with Crippen molar-refractivity contribution in [1.29, 1.82) is 0 Å². The highest BCUT2D eigenvalue weighted by atomic mass is 32.2. The van der Waals surface area contributed by atoms with Crippen LogP contribution in [-0.2, 0) is 14.6 Å². The van der Waals surface area contributed by atoms with Gasteiger partial charge in [-0.1, -0.05) is 0 Å². The Bertz CT molecular complexity index is 329. The molecule has 0 rings (SSSR count). The van der Waals surface area contributed by atoms with Crippen LogP contribution in [0.4, 0.5) is 0 Å². The fraction of sp³-hybridized carbons (Fsp3) is 0.889. The van der Waals surface area contributed by atoms with Gasteiger partial charge in [-0.3, -0.25) is 10.4 Å². The Morgan fingerprint density at radius 1 is 1.53 bits per heavy atom. The highest BCUT2D eigenvalue weighted by Gasteiger charge is 2.08. The van der Waals surface area contributed by atoms with Crippen molar-refractivity contribution in [3.63, 3.8) is 0 Å². The highest BCUT2D eigenvalue weighted by molar-refractivity contribution is 7.90. The predicted octanol–water partition coefficient (Wildman–Crippen LogP) is -1.18. The number of aliphatic imine (C=N–C) groups is 1. The zero-order chi connectivity index (χ0) is 13.3. The van der Waals surface area contributed by atoms with E-state index in [2.05, 4.69) is 10.4 Å². The van der Waals surface area contributed by atoms with Gasteiger partial charge in [0.05, 0.1) is 5.75 Å². The zero-order valence-electron chi connectivity index (χ0n) is 10.6. The summed E-state index contributed by atoms with van der Waals surface area (Å²) >= 11 is 0. The zero-order valence-corrected chi connectivity index (χ0v) is 11.5. The maximum Gasteiger partial charge on any atom is 0.208 e. The number of ether oxygens (including phenoxy) is 1. The molecule has 0 aliphatic carbocycles. The molecule has 0 aliphatic heterocycles. The molecule has 3 N–H and O–H groups in total. The molecule has 0 aliphatic rings. The third-order valence-electron chi connectivity index (χ3n) is 2.06. The van der Waals surface area contributed by atoms with Crippen molar-refractivity contribution in [2.24, 2.45) is 10.8 Å². The number of nitrogens with zero attached hydrogens (tertiary/aromatic N) is 2. The number of nitrogens with two attached hydrogens (primary N) is 1. The maximum absolute atomic E-state index is 11.0. The topological polar surface area (TPSA) is 97.0 Å². The summed E-state index contributed by atoms with van der Waals surface area (Å²) in [5.74, 6) is 5.87. The first kappa shape index (κ1) is 16.1. The molecule has 0 saturated carbocycles. The Morgan fingerprint density at radius 2 is 2.18 bits per heavy atom.